The average molecular weight is 334 g/mol. The number of hydrogen-bond acceptors (Lipinski definition) is 1. The van der Waals surface area contributed by atoms with Crippen LogP contribution in [-0.2, 0) is 6.54 Å². The molecular weight excluding hydrogens is 315 g/mol. The van der Waals surface area contributed by atoms with Gasteiger partial charge in [0.2, 0.25) is 0 Å². The molecule has 0 fully saturated rings. The minimum Gasteiger partial charge on any atom is -0.348 e. The molecule has 0 spiro atoms. The van der Waals surface area contributed by atoms with Crippen LogP contribution in [0.25, 0.3) is 0 Å². The molecule has 0 unspecified atom stereocenters. The van der Waals surface area contributed by atoms with Crippen molar-refractivity contribution < 1.29 is 9.18 Å². The lowest BCUT2D eigenvalue weighted by Gasteiger charge is -2.37. The predicted molar refractivity (Wildman–Crippen MR) is 94.9 cm³/mol. The van der Waals surface area contributed by atoms with Crippen LogP contribution < -0.4 is 0 Å². The van der Waals surface area contributed by atoms with Gasteiger partial charge in [-0.25, -0.2) is 4.39 Å². The first-order chi connectivity index (χ1) is 12.1. The molecule has 4 rings (SSSR count). The molecule has 0 radical (unpaired) electrons. The van der Waals surface area contributed by atoms with Gasteiger partial charge in [0.25, 0.3) is 5.91 Å². The highest BCUT2D eigenvalue weighted by atomic mass is 19.1. The summed E-state index contributed by atoms with van der Waals surface area (Å²) in [7, 11) is 0. The summed E-state index contributed by atoms with van der Waals surface area (Å²) >= 11 is 0. The summed E-state index contributed by atoms with van der Waals surface area (Å²) in [4.78, 5) is 14.9. The van der Waals surface area contributed by atoms with E-state index in [-0.39, 0.29) is 11.9 Å². The molecule has 0 saturated heterocycles. The van der Waals surface area contributed by atoms with Gasteiger partial charge in [0.1, 0.15) is 5.82 Å². The highest BCUT2D eigenvalue weighted by molar-refractivity contribution is 5.94. The number of nitrogens with zero attached hydrogens (tertiary/aromatic N) is 2. The van der Waals surface area contributed by atoms with E-state index in [4.69, 9.17) is 0 Å². The number of amides is 1. The van der Waals surface area contributed by atoms with E-state index in [0.29, 0.717) is 12.1 Å². The molecule has 2 aromatic carbocycles. The van der Waals surface area contributed by atoms with Crippen molar-refractivity contribution in [1.29, 1.82) is 0 Å². The molecule has 3 nitrogen and oxygen atoms in total. The Hall–Kier alpha value is -2.88. The molecule has 4 heteroatoms. The van der Waals surface area contributed by atoms with E-state index in [2.05, 4.69) is 34.9 Å². The van der Waals surface area contributed by atoms with Crippen LogP contribution >= 0.6 is 0 Å². The van der Waals surface area contributed by atoms with E-state index in [9.17, 15) is 9.18 Å². The second kappa shape index (κ2) is 6.20. The maximum absolute atomic E-state index is 13.6. The fraction of sp³-hybridized carbons (Fsp3) is 0.190. The van der Waals surface area contributed by atoms with Crippen LogP contribution in [0.4, 0.5) is 4.39 Å². The molecular formula is C21H19FN2O. The molecule has 0 aliphatic carbocycles. The Kier molecular flexibility index (Phi) is 3.88. The highest BCUT2D eigenvalue weighted by Crippen LogP contribution is 2.33. The number of aromatic nitrogens is 1. The maximum atomic E-state index is 13.6. The topological polar surface area (TPSA) is 25.2 Å². The van der Waals surface area contributed by atoms with E-state index >= 15 is 0 Å². The lowest BCUT2D eigenvalue weighted by Crippen LogP contribution is -2.42. The fourth-order valence-corrected chi connectivity index (χ4v) is 3.49. The third kappa shape index (κ3) is 2.84. The van der Waals surface area contributed by atoms with E-state index in [0.717, 1.165) is 17.8 Å². The molecule has 1 atom stereocenters. The standard InChI is InChI=1S/C21H19FN2O/c1-15-7-9-16(10-8-15)20-19-6-3-11-23(19)12-13-24(20)21(25)17-4-2-5-18(22)14-17/h2-11,14,20H,12-13H2,1H3/t20-/m0/s1. The Balaban J connectivity index is 1.78. The Morgan fingerprint density at radius 3 is 2.60 bits per heavy atom. The van der Waals surface area contributed by atoms with Gasteiger partial charge in [0.15, 0.2) is 0 Å². The first kappa shape index (κ1) is 15.6. The number of carbonyl (C=O) groups excluding carboxylic acids is 1. The van der Waals surface area contributed by atoms with Crippen LogP contribution in [0.5, 0.6) is 0 Å². The zero-order valence-corrected chi connectivity index (χ0v) is 14.0. The van der Waals surface area contributed by atoms with Gasteiger partial charge in [0, 0.05) is 30.5 Å². The van der Waals surface area contributed by atoms with Gasteiger partial charge < -0.3 is 9.47 Å². The first-order valence-corrected chi connectivity index (χ1v) is 8.41. The van der Waals surface area contributed by atoms with Crippen molar-refractivity contribution in [3.8, 4) is 0 Å². The van der Waals surface area contributed by atoms with Crippen LogP contribution in [0.1, 0.15) is 33.2 Å². The van der Waals surface area contributed by atoms with Gasteiger partial charge >= 0.3 is 0 Å². The van der Waals surface area contributed by atoms with E-state index in [1.807, 2.05) is 24.1 Å². The number of carbonyl (C=O) groups is 1. The van der Waals surface area contributed by atoms with E-state index in [1.165, 1.54) is 17.7 Å². The lowest BCUT2D eigenvalue weighted by atomic mass is 9.98. The molecule has 1 aromatic heterocycles. The van der Waals surface area contributed by atoms with Crippen LogP contribution in [0.3, 0.4) is 0 Å². The van der Waals surface area contributed by atoms with Crippen LogP contribution in [0, 0.1) is 12.7 Å². The summed E-state index contributed by atoms with van der Waals surface area (Å²) in [6.45, 7) is 3.38. The van der Waals surface area contributed by atoms with Crippen molar-refractivity contribution >= 4 is 5.91 Å². The number of hydrogen-bond donors (Lipinski definition) is 0. The predicted octanol–water partition coefficient (Wildman–Crippen LogP) is 4.18. The number of halogens is 1. The van der Waals surface area contributed by atoms with Crippen molar-refractivity contribution in [3.63, 3.8) is 0 Å². The molecule has 1 aliphatic rings. The Labute approximate surface area is 146 Å². The average Bonchev–Trinajstić information content (AvgIpc) is 3.10. The van der Waals surface area contributed by atoms with Crippen LogP contribution in [0.2, 0.25) is 0 Å². The number of fused-ring (bicyclic) bond motifs is 1. The number of aryl methyl sites for hydroxylation is 1. The summed E-state index contributed by atoms with van der Waals surface area (Å²) in [5.41, 5.74) is 3.71. The van der Waals surface area contributed by atoms with Crippen molar-refractivity contribution in [2.24, 2.45) is 0 Å². The number of rotatable bonds is 2. The smallest absolute Gasteiger partial charge is 0.254 e. The molecule has 1 aliphatic heterocycles. The fourth-order valence-electron chi connectivity index (χ4n) is 3.49. The molecule has 0 saturated carbocycles. The minimum absolute atomic E-state index is 0.141. The van der Waals surface area contributed by atoms with Crippen LogP contribution in [0.15, 0.2) is 66.9 Å². The van der Waals surface area contributed by atoms with Crippen molar-refractivity contribution in [2.45, 2.75) is 19.5 Å². The largest absolute Gasteiger partial charge is 0.348 e. The third-order valence-corrected chi connectivity index (χ3v) is 4.76. The Morgan fingerprint density at radius 1 is 1.04 bits per heavy atom. The lowest BCUT2D eigenvalue weighted by molar-refractivity contribution is 0.0663. The second-order valence-corrected chi connectivity index (χ2v) is 6.45. The highest BCUT2D eigenvalue weighted by Gasteiger charge is 2.32. The van der Waals surface area contributed by atoms with Gasteiger partial charge in [-0.3, -0.25) is 4.79 Å². The normalized spacial score (nSPS) is 16.6. The van der Waals surface area contributed by atoms with E-state index < -0.39 is 5.82 Å². The molecule has 0 N–H and O–H groups in total. The second-order valence-electron chi connectivity index (χ2n) is 6.45. The zero-order valence-electron chi connectivity index (χ0n) is 14.0. The molecule has 25 heavy (non-hydrogen) atoms. The monoisotopic (exact) mass is 334 g/mol. The minimum atomic E-state index is -0.391. The zero-order chi connectivity index (χ0) is 17.4. The van der Waals surface area contributed by atoms with Gasteiger partial charge in [0.05, 0.1) is 6.04 Å². The van der Waals surface area contributed by atoms with Gasteiger partial charge in [-0.2, -0.15) is 0 Å². The van der Waals surface area contributed by atoms with Gasteiger partial charge in [-0.05, 0) is 42.8 Å². The summed E-state index contributed by atoms with van der Waals surface area (Å²) < 4.78 is 15.8. The Morgan fingerprint density at radius 2 is 1.84 bits per heavy atom. The molecule has 3 aromatic rings. The quantitative estimate of drug-likeness (QED) is 0.690. The first-order valence-electron chi connectivity index (χ1n) is 8.41. The van der Waals surface area contributed by atoms with Crippen molar-refractivity contribution in [3.05, 3.63) is 95.1 Å². The molecule has 2 heterocycles. The molecule has 126 valence electrons. The maximum Gasteiger partial charge on any atom is 0.254 e. The van der Waals surface area contributed by atoms with Gasteiger partial charge in [-0.1, -0.05) is 35.9 Å². The van der Waals surface area contributed by atoms with Crippen molar-refractivity contribution in [2.75, 3.05) is 6.54 Å². The van der Waals surface area contributed by atoms with Crippen molar-refractivity contribution in [1.82, 2.24) is 9.47 Å². The van der Waals surface area contributed by atoms with E-state index in [1.54, 1.807) is 12.1 Å². The molecule has 1 amide bonds. The Bertz CT molecular complexity index is 914. The molecule has 0 bridgehead atoms. The summed E-state index contributed by atoms with van der Waals surface area (Å²) in [6, 6.07) is 18.1. The SMILES string of the molecule is Cc1ccc([C@H]2c3cccn3CCN2C(=O)c2cccc(F)c2)cc1. The third-order valence-electron chi connectivity index (χ3n) is 4.76. The summed E-state index contributed by atoms with van der Waals surface area (Å²) in [6.07, 6.45) is 2.04. The van der Waals surface area contributed by atoms with Gasteiger partial charge in [-0.15, -0.1) is 0 Å². The number of benzene rings is 2. The summed E-state index contributed by atoms with van der Waals surface area (Å²) in [5.74, 6) is -0.532. The summed E-state index contributed by atoms with van der Waals surface area (Å²) in [5, 5.41) is 0. The van der Waals surface area contributed by atoms with Crippen LogP contribution in [-0.4, -0.2) is 21.9 Å².